The van der Waals surface area contributed by atoms with Crippen LogP contribution in [0.4, 0.5) is 0 Å². The summed E-state index contributed by atoms with van der Waals surface area (Å²) < 4.78 is 29.6. The van der Waals surface area contributed by atoms with E-state index in [0.717, 1.165) is 15.4 Å². The molecule has 2 heterocycles. The molecule has 9 heteroatoms. The minimum atomic E-state index is -0.638. The summed E-state index contributed by atoms with van der Waals surface area (Å²) in [5.74, 6) is 0.733. The molecule has 0 spiro atoms. The molecule has 0 radical (unpaired) electrons. The lowest BCUT2D eigenvalue weighted by molar-refractivity contribution is 0.0702. The van der Waals surface area contributed by atoms with Gasteiger partial charge in [-0.3, -0.25) is 0 Å². The molecule has 1 unspecified atom stereocenters. The van der Waals surface area contributed by atoms with Gasteiger partial charge < -0.3 is 29.1 Å². The molecular formula is C30H25BrN2O6. The Morgan fingerprint density at radius 2 is 1.82 bits per heavy atom. The van der Waals surface area contributed by atoms with Crippen LogP contribution in [0.3, 0.4) is 0 Å². The number of allylic oxidation sites excluding steroid dienone is 1. The number of carbonyl (C=O) groups is 1. The van der Waals surface area contributed by atoms with Crippen molar-refractivity contribution < 1.29 is 28.2 Å². The predicted octanol–water partition coefficient (Wildman–Crippen LogP) is 6.74. The SMILES string of the molecule is CCOc1ccc(C2C(C#N)=C(N)Oc3cc(OC(=O)c4oc5cc(Br)ccc5c4C)ccc32)cc1OCC. The molecule has 3 aromatic carbocycles. The van der Waals surface area contributed by atoms with E-state index in [0.29, 0.717) is 47.2 Å². The maximum atomic E-state index is 13.0. The number of rotatable bonds is 7. The fourth-order valence-electron chi connectivity index (χ4n) is 4.64. The van der Waals surface area contributed by atoms with E-state index in [1.165, 1.54) is 0 Å². The number of nitriles is 1. The van der Waals surface area contributed by atoms with Crippen molar-refractivity contribution in [3.63, 3.8) is 0 Å². The van der Waals surface area contributed by atoms with Crippen LogP contribution in [-0.4, -0.2) is 19.2 Å². The number of ether oxygens (including phenoxy) is 4. The van der Waals surface area contributed by atoms with Gasteiger partial charge in [-0.05, 0) is 62.7 Å². The van der Waals surface area contributed by atoms with Crippen LogP contribution in [0.2, 0.25) is 0 Å². The number of hydrogen-bond acceptors (Lipinski definition) is 8. The Morgan fingerprint density at radius 3 is 2.56 bits per heavy atom. The summed E-state index contributed by atoms with van der Waals surface area (Å²) in [6.07, 6.45) is 0. The largest absolute Gasteiger partial charge is 0.490 e. The number of hydrogen-bond donors (Lipinski definition) is 1. The highest BCUT2D eigenvalue weighted by Gasteiger charge is 2.32. The van der Waals surface area contributed by atoms with Crippen LogP contribution >= 0.6 is 15.9 Å². The quantitative estimate of drug-likeness (QED) is 0.186. The first kappa shape index (κ1) is 26.2. The predicted molar refractivity (Wildman–Crippen MR) is 148 cm³/mol. The van der Waals surface area contributed by atoms with Gasteiger partial charge in [0, 0.05) is 27.1 Å². The summed E-state index contributed by atoms with van der Waals surface area (Å²) in [4.78, 5) is 13.0. The standard InChI is InChI=1S/C30H25BrN2O6/c1-4-35-23-11-6-17(12-26(23)36-5-2)27-21-10-8-19(14-25(21)39-29(33)22(27)15-32)37-30(34)28-16(3)20-9-7-18(31)13-24(20)38-28/h6-14,27H,4-5,33H2,1-3H3. The maximum absolute atomic E-state index is 13.0. The molecule has 1 aliphatic rings. The summed E-state index contributed by atoms with van der Waals surface area (Å²) in [6, 6.07) is 18.2. The molecule has 198 valence electrons. The van der Waals surface area contributed by atoms with E-state index in [-0.39, 0.29) is 23.0 Å². The molecule has 1 aromatic heterocycles. The lowest BCUT2D eigenvalue weighted by Gasteiger charge is -2.27. The number of nitrogens with two attached hydrogens (primary N) is 1. The van der Waals surface area contributed by atoms with Crippen molar-refractivity contribution in [2.75, 3.05) is 13.2 Å². The molecule has 1 atom stereocenters. The second-order valence-electron chi connectivity index (χ2n) is 8.78. The van der Waals surface area contributed by atoms with Gasteiger partial charge in [0.1, 0.15) is 28.7 Å². The van der Waals surface area contributed by atoms with Crippen molar-refractivity contribution in [2.45, 2.75) is 26.7 Å². The van der Waals surface area contributed by atoms with Gasteiger partial charge in [-0.2, -0.15) is 5.26 Å². The van der Waals surface area contributed by atoms with Crippen molar-refractivity contribution in [1.82, 2.24) is 0 Å². The van der Waals surface area contributed by atoms with E-state index in [4.69, 9.17) is 29.1 Å². The zero-order valence-corrected chi connectivity index (χ0v) is 23.1. The molecule has 1 aliphatic heterocycles. The molecule has 0 saturated carbocycles. The van der Waals surface area contributed by atoms with Crippen molar-refractivity contribution in [1.29, 1.82) is 5.26 Å². The van der Waals surface area contributed by atoms with E-state index < -0.39 is 11.9 Å². The van der Waals surface area contributed by atoms with Gasteiger partial charge in [0.15, 0.2) is 11.5 Å². The number of aryl methyl sites for hydroxylation is 1. The van der Waals surface area contributed by atoms with Crippen LogP contribution in [0.25, 0.3) is 11.0 Å². The van der Waals surface area contributed by atoms with Crippen molar-refractivity contribution >= 4 is 32.9 Å². The van der Waals surface area contributed by atoms with Gasteiger partial charge in [-0.1, -0.05) is 28.1 Å². The van der Waals surface area contributed by atoms with Crippen LogP contribution in [0.1, 0.15) is 47.0 Å². The average Bonchev–Trinajstić information content (AvgIpc) is 3.24. The van der Waals surface area contributed by atoms with Gasteiger partial charge in [-0.25, -0.2) is 4.79 Å². The first-order valence-corrected chi connectivity index (χ1v) is 13.2. The molecule has 2 N–H and O–H groups in total. The monoisotopic (exact) mass is 588 g/mol. The molecule has 5 rings (SSSR count). The zero-order chi connectivity index (χ0) is 27.7. The highest BCUT2D eigenvalue weighted by Crippen LogP contribution is 2.45. The highest BCUT2D eigenvalue weighted by atomic mass is 79.9. The van der Waals surface area contributed by atoms with E-state index in [2.05, 4.69) is 22.0 Å². The first-order valence-electron chi connectivity index (χ1n) is 12.4. The Kier molecular flexibility index (Phi) is 7.22. The number of furan rings is 1. The Labute approximate surface area is 233 Å². The third-order valence-corrected chi connectivity index (χ3v) is 6.88. The van der Waals surface area contributed by atoms with E-state index in [1.807, 2.05) is 44.2 Å². The Balaban J connectivity index is 1.49. The highest BCUT2D eigenvalue weighted by molar-refractivity contribution is 9.10. The Bertz CT molecular complexity index is 1670. The number of benzene rings is 3. The van der Waals surface area contributed by atoms with Crippen molar-refractivity contribution in [2.24, 2.45) is 5.73 Å². The molecule has 0 amide bonds. The third kappa shape index (κ3) is 4.91. The van der Waals surface area contributed by atoms with Gasteiger partial charge >= 0.3 is 5.97 Å². The van der Waals surface area contributed by atoms with E-state index in [1.54, 1.807) is 31.2 Å². The molecule has 0 fully saturated rings. The van der Waals surface area contributed by atoms with Crippen LogP contribution in [-0.2, 0) is 0 Å². The first-order chi connectivity index (χ1) is 18.8. The fraction of sp³-hybridized carbons (Fsp3) is 0.200. The van der Waals surface area contributed by atoms with Crippen LogP contribution in [0, 0.1) is 18.3 Å². The molecular weight excluding hydrogens is 564 g/mol. The lowest BCUT2D eigenvalue weighted by atomic mass is 9.83. The molecule has 8 nitrogen and oxygen atoms in total. The summed E-state index contributed by atoms with van der Waals surface area (Å²) in [6.45, 7) is 6.53. The van der Waals surface area contributed by atoms with Crippen molar-refractivity contribution in [3.05, 3.63) is 93.0 Å². The maximum Gasteiger partial charge on any atom is 0.379 e. The second-order valence-corrected chi connectivity index (χ2v) is 9.70. The normalized spacial score (nSPS) is 14.4. The van der Waals surface area contributed by atoms with E-state index >= 15 is 0 Å². The molecule has 0 bridgehead atoms. The summed E-state index contributed by atoms with van der Waals surface area (Å²) >= 11 is 3.41. The number of esters is 1. The summed E-state index contributed by atoms with van der Waals surface area (Å²) in [7, 11) is 0. The zero-order valence-electron chi connectivity index (χ0n) is 21.5. The number of fused-ring (bicyclic) bond motifs is 2. The van der Waals surface area contributed by atoms with Crippen molar-refractivity contribution in [3.8, 4) is 29.1 Å². The average molecular weight is 589 g/mol. The number of carbonyl (C=O) groups excluding carboxylic acids is 1. The molecule has 4 aromatic rings. The minimum absolute atomic E-state index is 0.0240. The van der Waals surface area contributed by atoms with Gasteiger partial charge in [0.05, 0.1) is 19.1 Å². The summed E-state index contributed by atoms with van der Waals surface area (Å²) in [5.41, 5.74) is 9.17. The molecule has 0 aliphatic carbocycles. The van der Waals surface area contributed by atoms with Gasteiger partial charge in [0.25, 0.3) is 0 Å². The van der Waals surface area contributed by atoms with Crippen LogP contribution < -0.4 is 24.7 Å². The topological polar surface area (TPSA) is 117 Å². The van der Waals surface area contributed by atoms with Crippen LogP contribution in [0.15, 0.2) is 74.9 Å². The minimum Gasteiger partial charge on any atom is -0.490 e. The second kappa shape index (κ2) is 10.8. The lowest BCUT2D eigenvalue weighted by Crippen LogP contribution is -2.21. The number of halogens is 1. The smallest absolute Gasteiger partial charge is 0.379 e. The van der Waals surface area contributed by atoms with E-state index in [9.17, 15) is 10.1 Å². The molecule has 39 heavy (non-hydrogen) atoms. The van der Waals surface area contributed by atoms with Gasteiger partial charge in [0.2, 0.25) is 11.6 Å². The Morgan fingerprint density at radius 1 is 1.05 bits per heavy atom. The summed E-state index contributed by atoms with van der Waals surface area (Å²) in [5, 5.41) is 10.8. The van der Waals surface area contributed by atoms with Crippen LogP contribution in [0.5, 0.6) is 23.0 Å². The molecule has 0 saturated heterocycles. The fourth-order valence-corrected chi connectivity index (χ4v) is 4.98. The number of nitrogens with zero attached hydrogens (tertiary/aromatic N) is 1. The van der Waals surface area contributed by atoms with Gasteiger partial charge in [-0.15, -0.1) is 0 Å². The third-order valence-electron chi connectivity index (χ3n) is 6.39. The Hall–Kier alpha value is -4.42.